The highest BCUT2D eigenvalue weighted by atomic mass is 32.1. The molecule has 2 rings (SSSR count). The van der Waals surface area contributed by atoms with Crippen LogP contribution in [0.15, 0.2) is 0 Å². The van der Waals surface area contributed by atoms with E-state index in [2.05, 4.69) is 24.1 Å². The standard InChI is InChI=1S/C13H22N2S/c1-3-12-10(2)16-13(15-12)8-9-14-11-6-4-5-7-11/h11,14H,3-9H2,1-2H3. The van der Waals surface area contributed by atoms with Gasteiger partial charge >= 0.3 is 0 Å². The van der Waals surface area contributed by atoms with Crippen LogP contribution in [0.5, 0.6) is 0 Å². The molecule has 0 saturated heterocycles. The minimum atomic E-state index is 0.784. The summed E-state index contributed by atoms with van der Waals surface area (Å²) in [4.78, 5) is 6.07. The Hall–Kier alpha value is -0.410. The summed E-state index contributed by atoms with van der Waals surface area (Å²) < 4.78 is 0. The van der Waals surface area contributed by atoms with Crippen LogP contribution in [0.25, 0.3) is 0 Å². The zero-order chi connectivity index (χ0) is 11.4. The lowest BCUT2D eigenvalue weighted by Gasteiger charge is -2.10. The van der Waals surface area contributed by atoms with E-state index < -0.39 is 0 Å². The second-order valence-corrected chi connectivity index (χ2v) is 5.94. The number of nitrogens with zero attached hydrogens (tertiary/aromatic N) is 1. The van der Waals surface area contributed by atoms with Crippen molar-refractivity contribution in [3.05, 3.63) is 15.6 Å². The summed E-state index contributed by atoms with van der Waals surface area (Å²) in [5.41, 5.74) is 1.29. The van der Waals surface area contributed by atoms with Gasteiger partial charge in [0.2, 0.25) is 0 Å². The molecular weight excluding hydrogens is 216 g/mol. The average Bonchev–Trinajstić information content (AvgIpc) is 2.88. The van der Waals surface area contributed by atoms with Gasteiger partial charge in [0, 0.05) is 23.9 Å². The van der Waals surface area contributed by atoms with Crippen LogP contribution < -0.4 is 5.32 Å². The van der Waals surface area contributed by atoms with Crippen molar-refractivity contribution in [2.45, 2.75) is 58.4 Å². The predicted octanol–water partition coefficient (Wildman–Crippen LogP) is 3.09. The van der Waals surface area contributed by atoms with Crippen LogP contribution in [-0.2, 0) is 12.8 Å². The number of rotatable bonds is 5. The molecule has 0 amide bonds. The van der Waals surface area contributed by atoms with Crippen molar-refractivity contribution in [1.29, 1.82) is 0 Å². The molecule has 0 spiro atoms. The van der Waals surface area contributed by atoms with Gasteiger partial charge < -0.3 is 5.32 Å². The maximum absolute atomic E-state index is 4.67. The highest BCUT2D eigenvalue weighted by Crippen LogP contribution is 2.19. The van der Waals surface area contributed by atoms with Crippen molar-refractivity contribution in [2.24, 2.45) is 0 Å². The van der Waals surface area contributed by atoms with Crippen molar-refractivity contribution in [3.8, 4) is 0 Å². The first-order valence-corrected chi connectivity index (χ1v) is 7.29. The minimum absolute atomic E-state index is 0.784. The molecule has 1 aromatic heterocycles. The van der Waals surface area contributed by atoms with Crippen LogP contribution in [0.3, 0.4) is 0 Å². The second kappa shape index (κ2) is 5.78. The smallest absolute Gasteiger partial charge is 0.0943 e. The van der Waals surface area contributed by atoms with E-state index in [9.17, 15) is 0 Å². The lowest BCUT2D eigenvalue weighted by atomic mass is 10.2. The first-order valence-electron chi connectivity index (χ1n) is 6.48. The molecule has 2 nitrogen and oxygen atoms in total. The van der Waals surface area contributed by atoms with Gasteiger partial charge in [0.25, 0.3) is 0 Å². The summed E-state index contributed by atoms with van der Waals surface area (Å²) in [7, 11) is 0. The third-order valence-corrected chi connectivity index (χ3v) is 4.47. The molecule has 3 heteroatoms. The van der Waals surface area contributed by atoms with Gasteiger partial charge in [0.05, 0.1) is 10.7 Å². The van der Waals surface area contributed by atoms with E-state index in [1.54, 1.807) is 0 Å². The van der Waals surface area contributed by atoms with E-state index in [0.29, 0.717) is 0 Å². The Morgan fingerprint density at radius 2 is 2.12 bits per heavy atom. The molecule has 1 aliphatic carbocycles. The molecule has 16 heavy (non-hydrogen) atoms. The maximum atomic E-state index is 4.67. The van der Waals surface area contributed by atoms with E-state index >= 15 is 0 Å². The van der Waals surface area contributed by atoms with Crippen LogP contribution in [0.4, 0.5) is 0 Å². The van der Waals surface area contributed by atoms with Crippen molar-refractivity contribution in [3.63, 3.8) is 0 Å². The van der Waals surface area contributed by atoms with Gasteiger partial charge in [-0.2, -0.15) is 0 Å². The SMILES string of the molecule is CCc1nc(CCNC2CCCC2)sc1C. The Morgan fingerprint density at radius 1 is 1.38 bits per heavy atom. The lowest BCUT2D eigenvalue weighted by molar-refractivity contribution is 0.527. The summed E-state index contributed by atoms with van der Waals surface area (Å²) in [5.74, 6) is 0. The highest BCUT2D eigenvalue weighted by Gasteiger charge is 2.14. The zero-order valence-corrected chi connectivity index (χ0v) is 11.2. The quantitative estimate of drug-likeness (QED) is 0.852. The molecule has 1 fully saturated rings. The molecule has 0 unspecified atom stereocenters. The minimum Gasteiger partial charge on any atom is -0.314 e. The number of hydrogen-bond donors (Lipinski definition) is 1. The number of nitrogens with one attached hydrogen (secondary N) is 1. The zero-order valence-electron chi connectivity index (χ0n) is 10.4. The van der Waals surface area contributed by atoms with Crippen LogP contribution in [0.1, 0.15) is 48.2 Å². The van der Waals surface area contributed by atoms with Crippen LogP contribution in [0.2, 0.25) is 0 Å². The summed E-state index contributed by atoms with van der Waals surface area (Å²) in [6, 6.07) is 0.784. The van der Waals surface area contributed by atoms with Crippen molar-refractivity contribution < 1.29 is 0 Å². The first kappa shape index (κ1) is 12.1. The number of thiazole rings is 1. The molecule has 1 saturated carbocycles. The molecule has 1 N–H and O–H groups in total. The molecule has 1 heterocycles. The number of aromatic nitrogens is 1. The molecule has 1 aromatic rings. The van der Waals surface area contributed by atoms with Gasteiger partial charge in [0.15, 0.2) is 0 Å². The fourth-order valence-electron chi connectivity index (χ4n) is 2.44. The topological polar surface area (TPSA) is 24.9 Å². The van der Waals surface area contributed by atoms with Crippen molar-refractivity contribution in [2.75, 3.05) is 6.54 Å². The highest BCUT2D eigenvalue weighted by molar-refractivity contribution is 7.11. The fraction of sp³-hybridized carbons (Fsp3) is 0.769. The van der Waals surface area contributed by atoms with Gasteiger partial charge in [-0.1, -0.05) is 19.8 Å². The van der Waals surface area contributed by atoms with E-state index in [4.69, 9.17) is 0 Å². The molecular formula is C13H22N2S. The number of hydrogen-bond acceptors (Lipinski definition) is 3. The van der Waals surface area contributed by atoms with Gasteiger partial charge in [-0.15, -0.1) is 11.3 Å². The Kier molecular flexibility index (Phi) is 4.36. The number of aryl methyl sites for hydroxylation is 2. The van der Waals surface area contributed by atoms with Gasteiger partial charge in [-0.05, 0) is 26.2 Å². The van der Waals surface area contributed by atoms with Crippen LogP contribution in [0, 0.1) is 6.92 Å². The lowest BCUT2D eigenvalue weighted by Crippen LogP contribution is -2.27. The Labute approximate surface area is 102 Å². The van der Waals surface area contributed by atoms with E-state index in [0.717, 1.165) is 25.4 Å². The van der Waals surface area contributed by atoms with E-state index in [-0.39, 0.29) is 0 Å². The molecule has 1 aliphatic rings. The predicted molar refractivity (Wildman–Crippen MR) is 70.2 cm³/mol. The van der Waals surface area contributed by atoms with Crippen molar-refractivity contribution >= 4 is 11.3 Å². The maximum Gasteiger partial charge on any atom is 0.0943 e. The molecule has 0 radical (unpaired) electrons. The molecule has 90 valence electrons. The van der Waals surface area contributed by atoms with Gasteiger partial charge in [-0.3, -0.25) is 0 Å². The Morgan fingerprint density at radius 3 is 2.75 bits per heavy atom. The summed E-state index contributed by atoms with van der Waals surface area (Å²) in [5, 5.41) is 4.95. The Balaban J connectivity index is 1.75. The van der Waals surface area contributed by atoms with E-state index in [1.165, 1.54) is 41.3 Å². The van der Waals surface area contributed by atoms with Gasteiger partial charge in [0.1, 0.15) is 0 Å². The summed E-state index contributed by atoms with van der Waals surface area (Å²) >= 11 is 1.87. The van der Waals surface area contributed by atoms with Crippen LogP contribution >= 0.6 is 11.3 Å². The monoisotopic (exact) mass is 238 g/mol. The Bertz CT molecular complexity index is 327. The average molecular weight is 238 g/mol. The third kappa shape index (κ3) is 3.05. The van der Waals surface area contributed by atoms with Crippen molar-refractivity contribution in [1.82, 2.24) is 10.3 Å². The summed E-state index contributed by atoms with van der Waals surface area (Å²) in [6.07, 6.45) is 7.73. The third-order valence-electron chi connectivity index (χ3n) is 3.40. The summed E-state index contributed by atoms with van der Waals surface area (Å²) in [6.45, 7) is 5.47. The van der Waals surface area contributed by atoms with Crippen LogP contribution in [-0.4, -0.2) is 17.6 Å². The molecule has 0 aromatic carbocycles. The molecule has 0 aliphatic heterocycles. The normalized spacial score (nSPS) is 17.1. The largest absolute Gasteiger partial charge is 0.314 e. The molecule has 0 atom stereocenters. The fourth-order valence-corrected chi connectivity index (χ4v) is 3.46. The second-order valence-electron chi connectivity index (χ2n) is 4.65. The molecule has 0 bridgehead atoms. The van der Waals surface area contributed by atoms with Gasteiger partial charge in [-0.25, -0.2) is 4.98 Å². The first-order chi connectivity index (χ1) is 7.79. The van der Waals surface area contributed by atoms with E-state index in [1.807, 2.05) is 11.3 Å².